The molecular weight excluding hydrogens is 321 g/mol. The molecule has 1 aliphatic rings. The summed E-state index contributed by atoms with van der Waals surface area (Å²) in [4.78, 5) is 16.3. The van der Waals surface area contributed by atoms with Gasteiger partial charge in [0.05, 0.1) is 12.1 Å². The predicted molar refractivity (Wildman–Crippen MR) is 84.7 cm³/mol. The van der Waals surface area contributed by atoms with Crippen molar-refractivity contribution in [3.8, 4) is 0 Å². The summed E-state index contributed by atoms with van der Waals surface area (Å²) in [5, 5.41) is 5.86. The molecule has 5 nitrogen and oxygen atoms in total. The summed E-state index contributed by atoms with van der Waals surface area (Å²) < 4.78 is 5.58. The van der Waals surface area contributed by atoms with Gasteiger partial charge in [0.2, 0.25) is 5.91 Å². The third kappa shape index (κ3) is 4.86. The van der Waals surface area contributed by atoms with Gasteiger partial charge in [-0.15, -0.1) is 36.2 Å². The average molecular weight is 342 g/mol. The lowest BCUT2D eigenvalue weighted by atomic mass is 10.1. The van der Waals surface area contributed by atoms with Gasteiger partial charge in [-0.2, -0.15) is 0 Å². The Morgan fingerprint density at radius 1 is 1.60 bits per heavy atom. The van der Waals surface area contributed by atoms with Crippen LogP contribution in [0.5, 0.6) is 0 Å². The number of hydrogen-bond donors (Lipinski definition) is 2. The van der Waals surface area contributed by atoms with Crippen LogP contribution in [0.2, 0.25) is 0 Å². The highest BCUT2D eigenvalue weighted by molar-refractivity contribution is 7.09. The summed E-state index contributed by atoms with van der Waals surface area (Å²) in [5.74, 6) is -0.0481. The highest BCUT2D eigenvalue weighted by Crippen LogP contribution is 2.22. The van der Waals surface area contributed by atoms with Crippen LogP contribution in [0.15, 0.2) is 11.6 Å². The molecule has 0 aromatic carbocycles. The Bertz CT molecular complexity index is 392. The van der Waals surface area contributed by atoms with E-state index in [1.165, 1.54) is 0 Å². The van der Waals surface area contributed by atoms with Gasteiger partial charge in [0, 0.05) is 18.1 Å². The number of rotatable bonds is 5. The minimum absolute atomic E-state index is 0. The number of hydrogen-bond acceptors (Lipinski definition) is 5. The summed E-state index contributed by atoms with van der Waals surface area (Å²) in [6.07, 6.45) is 3.87. The van der Waals surface area contributed by atoms with E-state index in [-0.39, 0.29) is 49.0 Å². The number of halogens is 2. The summed E-state index contributed by atoms with van der Waals surface area (Å²) >= 11 is 1.56. The zero-order valence-electron chi connectivity index (χ0n) is 11.3. The van der Waals surface area contributed by atoms with Gasteiger partial charge in [0.15, 0.2) is 0 Å². The molecular formula is C12H21Cl2N3O2S. The lowest BCUT2D eigenvalue weighted by Gasteiger charge is -2.18. The van der Waals surface area contributed by atoms with Gasteiger partial charge in [-0.25, -0.2) is 4.98 Å². The molecule has 0 saturated carbocycles. The maximum atomic E-state index is 12.1. The monoisotopic (exact) mass is 341 g/mol. The van der Waals surface area contributed by atoms with Crippen molar-refractivity contribution in [1.29, 1.82) is 0 Å². The maximum Gasteiger partial charge on any atom is 0.249 e. The van der Waals surface area contributed by atoms with E-state index < -0.39 is 0 Å². The Morgan fingerprint density at radius 3 is 2.85 bits per heavy atom. The second-order valence-electron chi connectivity index (χ2n) is 4.40. The Balaban J connectivity index is 0.00000180. The normalized spacial score (nSPS) is 22.5. The fourth-order valence-corrected chi connectivity index (χ4v) is 2.85. The molecule has 1 aromatic rings. The molecule has 8 heteroatoms. The standard InChI is InChI=1S/C12H19N3O2S.2ClH/c1-2-9(12-14-5-6-18-12)15-11(16)10-4-3-8(7-13)17-10;;/h5-6,8-10H,2-4,7,13H2,1H3,(H,15,16);2*1H/t8-,9?,10+;;/m1../s1. The first-order valence-electron chi connectivity index (χ1n) is 6.29. The largest absolute Gasteiger partial charge is 0.364 e. The molecule has 2 heterocycles. The van der Waals surface area contributed by atoms with E-state index in [1.807, 2.05) is 12.3 Å². The van der Waals surface area contributed by atoms with E-state index in [1.54, 1.807) is 17.5 Å². The molecule has 20 heavy (non-hydrogen) atoms. The molecule has 2 rings (SSSR count). The highest BCUT2D eigenvalue weighted by atomic mass is 35.5. The Labute approximate surface area is 135 Å². The number of amides is 1. The van der Waals surface area contributed by atoms with Crippen LogP contribution in [-0.4, -0.2) is 29.6 Å². The summed E-state index contributed by atoms with van der Waals surface area (Å²) in [5.41, 5.74) is 5.54. The zero-order valence-corrected chi connectivity index (χ0v) is 13.7. The number of nitrogens with one attached hydrogen (secondary N) is 1. The second kappa shape index (κ2) is 9.52. The van der Waals surface area contributed by atoms with Crippen molar-refractivity contribution in [1.82, 2.24) is 10.3 Å². The van der Waals surface area contributed by atoms with Crippen molar-refractivity contribution >= 4 is 42.1 Å². The second-order valence-corrected chi connectivity index (χ2v) is 5.33. The van der Waals surface area contributed by atoms with Crippen LogP contribution in [0, 0.1) is 0 Å². The maximum absolute atomic E-state index is 12.1. The zero-order chi connectivity index (χ0) is 13.0. The lowest BCUT2D eigenvalue weighted by molar-refractivity contribution is -0.132. The van der Waals surface area contributed by atoms with E-state index in [9.17, 15) is 4.79 Å². The van der Waals surface area contributed by atoms with E-state index >= 15 is 0 Å². The van der Waals surface area contributed by atoms with Crippen molar-refractivity contribution < 1.29 is 9.53 Å². The summed E-state index contributed by atoms with van der Waals surface area (Å²) in [6, 6.07) is -0.0157. The van der Waals surface area contributed by atoms with Gasteiger partial charge in [0.1, 0.15) is 11.1 Å². The quantitative estimate of drug-likeness (QED) is 0.859. The number of nitrogens with zero attached hydrogens (tertiary/aromatic N) is 1. The van der Waals surface area contributed by atoms with Crippen molar-refractivity contribution in [2.75, 3.05) is 6.54 Å². The molecule has 0 spiro atoms. The van der Waals surface area contributed by atoms with Gasteiger partial charge in [-0.3, -0.25) is 4.79 Å². The molecule has 116 valence electrons. The molecule has 0 radical (unpaired) electrons. The smallest absolute Gasteiger partial charge is 0.249 e. The van der Waals surface area contributed by atoms with E-state index in [4.69, 9.17) is 10.5 Å². The van der Waals surface area contributed by atoms with Crippen LogP contribution in [0.3, 0.4) is 0 Å². The molecule has 1 amide bonds. The van der Waals surface area contributed by atoms with E-state index in [2.05, 4.69) is 10.3 Å². The van der Waals surface area contributed by atoms with Crippen molar-refractivity contribution in [3.05, 3.63) is 16.6 Å². The Kier molecular flexibility index (Phi) is 9.33. The Morgan fingerprint density at radius 2 is 2.35 bits per heavy atom. The van der Waals surface area contributed by atoms with Gasteiger partial charge in [0.25, 0.3) is 0 Å². The number of ether oxygens (including phenoxy) is 1. The topological polar surface area (TPSA) is 77.2 Å². The summed E-state index contributed by atoms with van der Waals surface area (Å²) in [7, 11) is 0. The van der Waals surface area contributed by atoms with Crippen molar-refractivity contribution in [2.24, 2.45) is 5.73 Å². The fraction of sp³-hybridized carbons (Fsp3) is 0.667. The first-order chi connectivity index (χ1) is 8.74. The van der Waals surface area contributed by atoms with Gasteiger partial charge >= 0.3 is 0 Å². The molecule has 1 aliphatic heterocycles. The van der Waals surface area contributed by atoms with E-state index in [0.29, 0.717) is 6.54 Å². The fourth-order valence-electron chi connectivity index (χ4n) is 2.08. The molecule has 3 atom stereocenters. The van der Waals surface area contributed by atoms with Gasteiger partial charge < -0.3 is 15.8 Å². The predicted octanol–water partition coefficient (Wildman–Crippen LogP) is 2.06. The average Bonchev–Trinajstić information content (AvgIpc) is 3.05. The first kappa shape index (κ1) is 19.6. The van der Waals surface area contributed by atoms with Crippen LogP contribution in [0.4, 0.5) is 0 Å². The minimum Gasteiger partial charge on any atom is -0.364 e. The summed E-state index contributed by atoms with van der Waals surface area (Å²) in [6.45, 7) is 2.51. The molecule has 0 bridgehead atoms. The number of nitrogens with two attached hydrogens (primary N) is 1. The SMILES string of the molecule is CCC(NC(=O)[C@@H]1CC[C@H](CN)O1)c1nccs1.Cl.Cl. The molecule has 1 aromatic heterocycles. The lowest BCUT2D eigenvalue weighted by Crippen LogP contribution is -2.37. The Hall–Kier alpha value is -0.400. The van der Waals surface area contributed by atoms with Gasteiger partial charge in [-0.05, 0) is 19.3 Å². The molecule has 1 unspecified atom stereocenters. The minimum atomic E-state index is -0.354. The molecule has 1 fully saturated rings. The van der Waals surface area contributed by atoms with E-state index in [0.717, 1.165) is 24.3 Å². The van der Waals surface area contributed by atoms with Crippen LogP contribution < -0.4 is 11.1 Å². The number of thiazole rings is 1. The molecule has 1 saturated heterocycles. The molecule has 0 aliphatic carbocycles. The number of carbonyl (C=O) groups is 1. The third-order valence-electron chi connectivity index (χ3n) is 3.14. The third-order valence-corrected chi connectivity index (χ3v) is 4.03. The van der Waals surface area contributed by atoms with Crippen LogP contribution in [-0.2, 0) is 9.53 Å². The van der Waals surface area contributed by atoms with Crippen LogP contribution in [0.25, 0.3) is 0 Å². The molecule has 3 N–H and O–H groups in total. The number of carbonyl (C=O) groups excluding carboxylic acids is 1. The first-order valence-corrected chi connectivity index (χ1v) is 7.17. The van der Waals surface area contributed by atoms with Crippen LogP contribution >= 0.6 is 36.2 Å². The van der Waals surface area contributed by atoms with Crippen molar-refractivity contribution in [2.45, 2.75) is 44.4 Å². The van der Waals surface area contributed by atoms with Gasteiger partial charge in [-0.1, -0.05) is 6.92 Å². The highest BCUT2D eigenvalue weighted by Gasteiger charge is 2.31. The van der Waals surface area contributed by atoms with Crippen LogP contribution in [0.1, 0.15) is 37.2 Å². The van der Waals surface area contributed by atoms with Crippen molar-refractivity contribution in [3.63, 3.8) is 0 Å². The number of aromatic nitrogens is 1.